The topological polar surface area (TPSA) is 148 Å². The number of fused-ring (bicyclic) bond motifs is 1. The number of carbonyl (C=O) groups excluding carboxylic acids is 3. The molecule has 3 amide bonds. The van der Waals surface area contributed by atoms with E-state index in [9.17, 15) is 24.6 Å². The summed E-state index contributed by atoms with van der Waals surface area (Å²) in [6, 6.07) is -0.797. The number of nitrogens with zero attached hydrogens (tertiary/aromatic N) is 2. The third-order valence-electron chi connectivity index (χ3n) is 3.23. The Morgan fingerprint density at radius 2 is 2.21 bits per heavy atom. The Kier molecular flexibility index (Phi) is 7.63. The number of aliphatic carboxylic acids is 1. The zero-order chi connectivity index (χ0) is 17.3. The fourth-order valence-electron chi connectivity index (χ4n) is 2.20. The number of hydrogen-bond acceptors (Lipinski definition) is 8. The van der Waals surface area contributed by atoms with Crippen LogP contribution in [0.4, 0.5) is 4.79 Å². The Labute approximate surface area is 168 Å². The minimum absolute atomic E-state index is 0. The van der Waals surface area contributed by atoms with E-state index in [0.717, 1.165) is 4.90 Å². The summed E-state index contributed by atoms with van der Waals surface area (Å²) in [5.74, 6) is -2.19. The van der Waals surface area contributed by atoms with Gasteiger partial charge in [0, 0.05) is 11.5 Å². The van der Waals surface area contributed by atoms with Crippen molar-refractivity contribution < 1.29 is 54.2 Å². The van der Waals surface area contributed by atoms with Gasteiger partial charge in [-0.2, -0.15) is 5.10 Å². The van der Waals surface area contributed by atoms with Crippen molar-refractivity contribution in [3.8, 4) is 0 Å². The second-order valence-electron chi connectivity index (χ2n) is 5.02. The fraction of sp³-hybridized carbons (Fsp3) is 0.500. The molecule has 3 atom stereocenters. The number of aliphatic hydroxyl groups excluding tert-OH is 1. The van der Waals surface area contributed by atoms with Crippen LogP contribution in [-0.2, 0) is 9.59 Å². The number of nitrogens with one attached hydrogen (secondary N) is 1. The van der Waals surface area contributed by atoms with Crippen LogP contribution in [0.2, 0.25) is 0 Å². The third kappa shape index (κ3) is 4.27. The van der Waals surface area contributed by atoms with Crippen molar-refractivity contribution in [3.63, 3.8) is 0 Å². The number of aliphatic hydroxyl groups is 1. The molecule has 0 aromatic carbocycles. The van der Waals surface area contributed by atoms with E-state index in [2.05, 4.69) is 10.5 Å². The predicted molar refractivity (Wildman–Crippen MR) is 83.7 cm³/mol. The monoisotopic (exact) mass is 382 g/mol. The first kappa shape index (κ1) is 21.3. The molecule has 126 valence electrons. The molecule has 0 spiro atoms. The summed E-state index contributed by atoms with van der Waals surface area (Å²) < 4.78 is 0.417. The van der Waals surface area contributed by atoms with Gasteiger partial charge in [0.1, 0.15) is 5.37 Å². The normalized spacial score (nSPS) is 24.0. The van der Waals surface area contributed by atoms with Gasteiger partial charge in [-0.05, 0) is 13.8 Å². The number of amides is 3. The van der Waals surface area contributed by atoms with Gasteiger partial charge in [-0.15, -0.1) is 11.8 Å². The number of thioether (sulfide) groups is 2. The second-order valence-corrected chi connectivity index (χ2v) is 7.39. The van der Waals surface area contributed by atoms with Crippen LogP contribution >= 0.6 is 23.5 Å². The van der Waals surface area contributed by atoms with Crippen LogP contribution in [0.1, 0.15) is 13.8 Å². The molecule has 9 nitrogen and oxygen atoms in total. The standard InChI is InChI=1S/C12H16N4O5S2.Na/c1-4(14-15-12(13)21)3-22-11-7(10(19)20)16-8(18)6(5(2)17)9(16)23-11;/h5-6,9,17H,3H2,1-2H3,(H,19,20)(H3,13,15,21);/q;+1/p-1/t5?,6-,9+;/m0./s1. The number of hydrazone groups is 1. The van der Waals surface area contributed by atoms with E-state index in [1.54, 1.807) is 6.92 Å². The number of carbonyl (C=O) groups is 3. The molecule has 0 bridgehead atoms. The number of urea groups is 1. The van der Waals surface area contributed by atoms with Gasteiger partial charge in [0.15, 0.2) is 0 Å². The smallest absolute Gasteiger partial charge is 0.543 e. The van der Waals surface area contributed by atoms with E-state index < -0.39 is 35.3 Å². The van der Waals surface area contributed by atoms with Gasteiger partial charge in [0.2, 0.25) is 5.91 Å². The minimum Gasteiger partial charge on any atom is -0.543 e. The van der Waals surface area contributed by atoms with Gasteiger partial charge < -0.3 is 20.7 Å². The molecule has 24 heavy (non-hydrogen) atoms. The summed E-state index contributed by atoms with van der Waals surface area (Å²) in [5.41, 5.74) is 7.31. The van der Waals surface area contributed by atoms with Crippen molar-refractivity contribution in [2.24, 2.45) is 16.8 Å². The molecule has 1 unspecified atom stereocenters. The van der Waals surface area contributed by atoms with Crippen molar-refractivity contribution in [3.05, 3.63) is 9.93 Å². The second kappa shape index (κ2) is 8.59. The van der Waals surface area contributed by atoms with Crippen LogP contribution in [0.5, 0.6) is 0 Å². The largest absolute Gasteiger partial charge is 1.00 e. The average molecular weight is 382 g/mol. The first-order valence-electron chi connectivity index (χ1n) is 6.58. The number of hydrogen-bond donors (Lipinski definition) is 3. The van der Waals surface area contributed by atoms with Crippen molar-refractivity contribution in [2.75, 3.05) is 5.75 Å². The molecule has 12 heteroatoms. The Hall–Kier alpha value is -0.720. The summed E-state index contributed by atoms with van der Waals surface area (Å²) >= 11 is 2.37. The third-order valence-corrected chi connectivity index (χ3v) is 6.04. The number of β-lactam (4-membered cyclic amide) rings is 1. The molecular formula is C12H15N4NaO5S2. The Morgan fingerprint density at radius 3 is 2.71 bits per heavy atom. The number of carboxylic acid groups (broad SMARTS) is 1. The van der Waals surface area contributed by atoms with Crippen LogP contribution in [-0.4, -0.2) is 50.9 Å². The Morgan fingerprint density at radius 1 is 1.58 bits per heavy atom. The van der Waals surface area contributed by atoms with Crippen LogP contribution in [0.3, 0.4) is 0 Å². The Bertz CT molecular complexity index is 625. The first-order valence-corrected chi connectivity index (χ1v) is 8.45. The van der Waals surface area contributed by atoms with E-state index >= 15 is 0 Å². The van der Waals surface area contributed by atoms with E-state index in [4.69, 9.17) is 5.73 Å². The van der Waals surface area contributed by atoms with Gasteiger partial charge in [-0.25, -0.2) is 10.2 Å². The van der Waals surface area contributed by atoms with Crippen LogP contribution < -0.4 is 45.8 Å². The van der Waals surface area contributed by atoms with Gasteiger partial charge in [-0.3, -0.25) is 9.69 Å². The number of nitrogens with two attached hydrogens (primary N) is 1. The molecule has 4 N–H and O–H groups in total. The van der Waals surface area contributed by atoms with Crippen LogP contribution in [0.15, 0.2) is 15.0 Å². The molecule has 2 aliphatic rings. The number of carboxylic acids is 1. The van der Waals surface area contributed by atoms with E-state index in [0.29, 0.717) is 15.7 Å². The van der Waals surface area contributed by atoms with Gasteiger partial charge in [0.05, 0.1) is 27.9 Å². The molecule has 2 aliphatic heterocycles. The van der Waals surface area contributed by atoms with E-state index in [1.165, 1.54) is 30.4 Å². The summed E-state index contributed by atoms with van der Waals surface area (Å²) in [6.07, 6.45) is -0.855. The number of primary amides is 1. The number of rotatable bonds is 6. The van der Waals surface area contributed by atoms with Crippen molar-refractivity contribution >= 4 is 47.1 Å². The van der Waals surface area contributed by atoms with Crippen LogP contribution in [0, 0.1) is 5.92 Å². The molecule has 2 heterocycles. The van der Waals surface area contributed by atoms with Crippen molar-refractivity contribution in [2.45, 2.75) is 25.3 Å². The fourth-order valence-corrected chi connectivity index (χ4v) is 4.98. The quantitative estimate of drug-likeness (QED) is 0.182. The maximum Gasteiger partial charge on any atom is 1.00 e. The van der Waals surface area contributed by atoms with Gasteiger partial charge in [0.25, 0.3) is 0 Å². The van der Waals surface area contributed by atoms with E-state index in [1.807, 2.05) is 0 Å². The van der Waals surface area contributed by atoms with Gasteiger partial charge >= 0.3 is 35.6 Å². The molecule has 0 aliphatic carbocycles. The van der Waals surface area contributed by atoms with E-state index in [-0.39, 0.29) is 35.3 Å². The SMILES string of the molecule is CC(CSC1=C(C(=O)[O-])N2C(=O)[C@H](C(C)O)[C@H]2S1)=NNC(N)=O.[Na+]. The molecule has 0 saturated carbocycles. The van der Waals surface area contributed by atoms with Crippen molar-refractivity contribution in [1.29, 1.82) is 0 Å². The molecular weight excluding hydrogens is 367 g/mol. The summed E-state index contributed by atoms with van der Waals surface area (Å²) in [6.45, 7) is 3.14. The maximum atomic E-state index is 12.0. The zero-order valence-corrected chi connectivity index (χ0v) is 16.9. The zero-order valence-electron chi connectivity index (χ0n) is 13.3. The summed E-state index contributed by atoms with van der Waals surface area (Å²) in [4.78, 5) is 35.0. The molecule has 2 rings (SSSR count). The van der Waals surface area contributed by atoms with Crippen LogP contribution in [0.25, 0.3) is 0 Å². The Balaban J connectivity index is 0.00000288. The average Bonchev–Trinajstić information content (AvgIpc) is 2.76. The van der Waals surface area contributed by atoms with Crippen molar-refractivity contribution in [1.82, 2.24) is 10.3 Å². The summed E-state index contributed by atoms with van der Waals surface area (Å²) in [7, 11) is 0. The maximum absolute atomic E-state index is 12.0. The molecule has 0 aromatic heterocycles. The molecule has 0 radical (unpaired) electrons. The van der Waals surface area contributed by atoms with Gasteiger partial charge in [-0.1, -0.05) is 11.8 Å². The summed E-state index contributed by atoms with van der Waals surface area (Å²) in [5, 5.41) is 24.2. The minimum atomic E-state index is -1.44. The molecule has 0 aromatic rings. The molecule has 1 saturated heterocycles. The first-order chi connectivity index (χ1) is 10.7. The predicted octanol–water partition coefficient (Wildman–Crippen LogP) is -4.40. The molecule has 1 fully saturated rings.